The van der Waals surface area contributed by atoms with Gasteiger partial charge in [0.2, 0.25) is 5.88 Å². The lowest BCUT2D eigenvalue weighted by Gasteiger charge is -2.16. The number of nitrogens with zero attached hydrogens (tertiary/aromatic N) is 2. The number of likely N-dealkylation sites (tertiary alicyclic amines) is 1. The van der Waals surface area contributed by atoms with Crippen molar-refractivity contribution in [3.05, 3.63) is 60.1 Å². The van der Waals surface area contributed by atoms with E-state index in [1.54, 1.807) is 30.0 Å². The largest absolute Gasteiger partial charge is 0.439 e. The third kappa shape index (κ3) is 5.87. The molecule has 3 rings (SSSR count). The van der Waals surface area contributed by atoms with Crippen LogP contribution < -0.4 is 10.5 Å². The van der Waals surface area contributed by atoms with Crippen molar-refractivity contribution >= 4 is 5.91 Å². The number of amides is 1. The van der Waals surface area contributed by atoms with Gasteiger partial charge in [-0.1, -0.05) is 13.0 Å². The number of hydrogen-bond donors (Lipinski definition) is 1. The highest BCUT2D eigenvalue weighted by atomic mass is 19.4. The summed E-state index contributed by atoms with van der Waals surface area (Å²) in [4.78, 5) is 17.8. The van der Waals surface area contributed by atoms with E-state index >= 15 is 0 Å². The maximum absolute atomic E-state index is 13.0. The molecule has 0 bridgehead atoms. The lowest BCUT2D eigenvalue weighted by molar-refractivity contribution is -0.141. The molecule has 0 saturated carbocycles. The van der Waals surface area contributed by atoms with E-state index in [-0.39, 0.29) is 29.6 Å². The second kappa shape index (κ2) is 9.65. The summed E-state index contributed by atoms with van der Waals surface area (Å²) in [6.45, 7) is 8.40. The number of halogens is 3. The lowest BCUT2D eigenvalue weighted by Crippen LogP contribution is -2.28. The molecular weight excluding hydrogens is 383 g/mol. The standard InChI is InChI=1S/C19H20F3N3O2.C2H5/c1-12-5-6-25(11-12)18(26)14-3-2-4-15(9-14)27-17-8-13(10-23)7-16(24-17)19(20,21)22;1-2/h2-4,7-9,12H,5-6,10-11,23H2,1H3;1H2,2H3/q;+1. The molecule has 5 nitrogen and oxygen atoms in total. The zero-order chi connectivity index (χ0) is 21.6. The first-order chi connectivity index (χ1) is 13.8. The summed E-state index contributed by atoms with van der Waals surface area (Å²) in [6, 6.07) is 8.60. The predicted octanol–water partition coefficient (Wildman–Crippen LogP) is 4.67. The molecule has 2 heterocycles. The Hall–Kier alpha value is -2.74. The average molecular weight is 408 g/mol. The zero-order valence-electron chi connectivity index (χ0n) is 16.5. The quantitative estimate of drug-likeness (QED) is 0.747. The third-order valence-corrected chi connectivity index (χ3v) is 4.40. The van der Waals surface area contributed by atoms with Crippen LogP contribution in [0.25, 0.3) is 0 Å². The number of rotatable bonds is 4. The SMILES string of the molecule is CC1CCN(C(=O)c2cccc(Oc3cc(CN)cc(C(F)(F)F)n3)c2)C1.[CH2+]C. The van der Waals surface area contributed by atoms with Gasteiger partial charge in [0.1, 0.15) is 11.4 Å². The number of hydrogen-bond acceptors (Lipinski definition) is 4. The van der Waals surface area contributed by atoms with Gasteiger partial charge >= 0.3 is 6.18 Å². The molecule has 0 radical (unpaired) electrons. The number of aromatic nitrogens is 1. The van der Waals surface area contributed by atoms with E-state index < -0.39 is 11.9 Å². The molecule has 1 aliphatic heterocycles. The van der Waals surface area contributed by atoms with Crippen molar-refractivity contribution in [2.75, 3.05) is 13.1 Å². The van der Waals surface area contributed by atoms with Gasteiger partial charge in [-0.05, 0) is 42.2 Å². The summed E-state index contributed by atoms with van der Waals surface area (Å²) in [5, 5.41) is 0. The molecule has 1 aromatic carbocycles. The van der Waals surface area contributed by atoms with E-state index in [9.17, 15) is 18.0 Å². The summed E-state index contributed by atoms with van der Waals surface area (Å²) < 4.78 is 44.5. The average Bonchev–Trinajstić information content (AvgIpc) is 3.14. The number of alkyl halides is 3. The monoisotopic (exact) mass is 408 g/mol. The lowest BCUT2D eigenvalue weighted by atomic mass is 10.1. The van der Waals surface area contributed by atoms with Crippen LogP contribution in [0.15, 0.2) is 36.4 Å². The van der Waals surface area contributed by atoms with Crippen molar-refractivity contribution in [2.24, 2.45) is 11.7 Å². The fraction of sp³-hybridized carbons (Fsp3) is 0.381. The summed E-state index contributed by atoms with van der Waals surface area (Å²) in [7, 11) is 0. The van der Waals surface area contributed by atoms with Crippen LogP contribution in [0, 0.1) is 12.8 Å². The Balaban J connectivity index is 0.00000145. The topological polar surface area (TPSA) is 68.5 Å². The Kier molecular flexibility index (Phi) is 7.50. The number of carbonyl (C=O) groups excluding carboxylic acids is 1. The number of nitrogens with two attached hydrogens (primary N) is 1. The predicted molar refractivity (Wildman–Crippen MR) is 104 cm³/mol. The number of ether oxygens (including phenoxy) is 1. The van der Waals surface area contributed by atoms with E-state index in [0.29, 0.717) is 24.6 Å². The van der Waals surface area contributed by atoms with Crippen molar-refractivity contribution in [1.82, 2.24) is 9.88 Å². The van der Waals surface area contributed by atoms with Gasteiger partial charge in [0.25, 0.3) is 5.91 Å². The fourth-order valence-electron chi connectivity index (χ4n) is 2.99. The van der Waals surface area contributed by atoms with Crippen LogP contribution in [0.2, 0.25) is 0 Å². The van der Waals surface area contributed by atoms with Crippen LogP contribution in [0.5, 0.6) is 11.6 Å². The van der Waals surface area contributed by atoms with Gasteiger partial charge < -0.3 is 15.4 Å². The molecule has 29 heavy (non-hydrogen) atoms. The molecular formula is C21H25F3N3O2+. The minimum atomic E-state index is -4.60. The van der Waals surface area contributed by atoms with Gasteiger partial charge in [0.05, 0.1) is 13.8 Å². The van der Waals surface area contributed by atoms with Gasteiger partial charge in [-0.3, -0.25) is 4.79 Å². The van der Waals surface area contributed by atoms with Gasteiger partial charge in [0, 0.05) is 31.3 Å². The Labute approximate surface area is 168 Å². The molecule has 1 unspecified atom stereocenters. The number of pyridine rings is 1. The molecule has 8 heteroatoms. The minimum Gasteiger partial charge on any atom is -0.439 e. The van der Waals surface area contributed by atoms with Crippen LogP contribution in [0.1, 0.15) is 41.9 Å². The highest BCUT2D eigenvalue weighted by Crippen LogP contribution is 2.31. The van der Waals surface area contributed by atoms with E-state index in [1.807, 2.05) is 0 Å². The first kappa shape index (κ1) is 22.5. The highest BCUT2D eigenvalue weighted by molar-refractivity contribution is 5.94. The van der Waals surface area contributed by atoms with Crippen molar-refractivity contribution in [2.45, 2.75) is 33.0 Å². The maximum Gasteiger partial charge on any atom is 0.433 e. The van der Waals surface area contributed by atoms with Crippen molar-refractivity contribution < 1.29 is 22.7 Å². The second-order valence-electron chi connectivity index (χ2n) is 6.68. The van der Waals surface area contributed by atoms with E-state index in [0.717, 1.165) is 12.5 Å². The molecule has 1 fully saturated rings. The van der Waals surface area contributed by atoms with Gasteiger partial charge in [-0.2, -0.15) is 13.2 Å². The molecule has 1 aliphatic rings. The normalized spacial score (nSPS) is 16.2. The zero-order valence-corrected chi connectivity index (χ0v) is 16.5. The molecule has 2 N–H and O–H groups in total. The molecule has 1 atom stereocenters. The van der Waals surface area contributed by atoms with Crippen LogP contribution in [0.4, 0.5) is 13.2 Å². The summed E-state index contributed by atoms with van der Waals surface area (Å²) in [5.41, 5.74) is 5.08. The summed E-state index contributed by atoms with van der Waals surface area (Å²) in [5.74, 6) is 0.356. The van der Waals surface area contributed by atoms with Gasteiger partial charge in [-0.15, -0.1) is 0 Å². The molecule has 2 aromatic rings. The van der Waals surface area contributed by atoms with Crippen LogP contribution in [0.3, 0.4) is 0 Å². The Morgan fingerprint density at radius 1 is 1.31 bits per heavy atom. The van der Waals surface area contributed by atoms with E-state index in [2.05, 4.69) is 18.8 Å². The van der Waals surface area contributed by atoms with Gasteiger partial charge in [-0.25, -0.2) is 4.98 Å². The van der Waals surface area contributed by atoms with Crippen LogP contribution >= 0.6 is 0 Å². The van der Waals surface area contributed by atoms with E-state index in [1.165, 1.54) is 12.1 Å². The van der Waals surface area contributed by atoms with Crippen molar-refractivity contribution in [3.8, 4) is 11.6 Å². The first-order valence-corrected chi connectivity index (χ1v) is 9.32. The Bertz CT molecular complexity index is 840. The molecule has 1 saturated heterocycles. The second-order valence-corrected chi connectivity index (χ2v) is 6.68. The molecule has 1 amide bonds. The Morgan fingerprint density at radius 2 is 2.03 bits per heavy atom. The fourth-order valence-corrected chi connectivity index (χ4v) is 2.99. The number of carbonyl (C=O) groups is 1. The molecule has 0 aliphatic carbocycles. The van der Waals surface area contributed by atoms with E-state index in [4.69, 9.17) is 10.5 Å². The minimum absolute atomic E-state index is 0.0758. The first-order valence-electron chi connectivity index (χ1n) is 9.32. The van der Waals surface area contributed by atoms with Crippen LogP contribution in [-0.4, -0.2) is 28.9 Å². The summed E-state index contributed by atoms with van der Waals surface area (Å²) in [6.07, 6.45) is -3.65. The maximum atomic E-state index is 13.0. The number of benzene rings is 1. The summed E-state index contributed by atoms with van der Waals surface area (Å²) >= 11 is 0. The Morgan fingerprint density at radius 3 is 2.62 bits per heavy atom. The molecule has 1 aromatic heterocycles. The molecule has 156 valence electrons. The smallest absolute Gasteiger partial charge is 0.433 e. The third-order valence-electron chi connectivity index (χ3n) is 4.40. The van der Waals surface area contributed by atoms with Crippen LogP contribution in [-0.2, 0) is 12.7 Å². The van der Waals surface area contributed by atoms with Gasteiger partial charge in [0.15, 0.2) is 0 Å². The molecule has 0 spiro atoms. The highest BCUT2D eigenvalue weighted by Gasteiger charge is 2.33. The van der Waals surface area contributed by atoms with Crippen molar-refractivity contribution in [3.63, 3.8) is 0 Å². The van der Waals surface area contributed by atoms with Crippen molar-refractivity contribution in [1.29, 1.82) is 0 Å².